The van der Waals surface area contributed by atoms with Crippen LogP contribution in [0.2, 0.25) is 0 Å². The van der Waals surface area contributed by atoms with Crippen LogP contribution in [0.4, 0.5) is 0 Å². The summed E-state index contributed by atoms with van der Waals surface area (Å²) in [5.74, 6) is -0.587. The summed E-state index contributed by atoms with van der Waals surface area (Å²) in [5, 5.41) is 0. The van der Waals surface area contributed by atoms with Crippen molar-refractivity contribution in [3.8, 4) is 0 Å². The molecule has 120 valence electrons. The lowest BCUT2D eigenvalue weighted by Gasteiger charge is -2.16. The quantitative estimate of drug-likeness (QED) is 0.589. The standard InChI is InChI=1S/C16H21NO4S/c1-4-6-7-8-15(16(18)21-5-2)17-22(19,20)14-11-9-13(3)10-12-14/h6,9-12,15,17H,1,5,7-8H2,2-3H3/t15-/m1/s1. The summed E-state index contributed by atoms with van der Waals surface area (Å²) in [7, 11) is -3.78. The van der Waals surface area contributed by atoms with Gasteiger partial charge in [0.05, 0.1) is 11.5 Å². The third kappa shape index (κ3) is 5.48. The molecule has 1 N–H and O–H groups in total. The van der Waals surface area contributed by atoms with Gasteiger partial charge in [0.15, 0.2) is 0 Å². The van der Waals surface area contributed by atoms with E-state index in [0.717, 1.165) is 5.56 Å². The van der Waals surface area contributed by atoms with Gasteiger partial charge in [0.1, 0.15) is 6.04 Å². The fraction of sp³-hybridized carbons (Fsp3) is 0.375. The minimum atomic E-state index is -3.78. The lowest BCUT2D eigenvalue weighted by atomic mass is 10.2. The molecule has 6 heteroatoms. The predicted octanol–water partition coefficient (Wildman–Crippen LogP) is 2.33. The smallest absolute Gasteiger partial charge is 0.324 e. The number of allylic oxidation sites excluding steroid dienone is 1. The molecular weight excluding hydrogens is 302 g/mol. The Kier molecular flexibility index (Phi) is 7.05. The monoisotopic (exact) mass is 323 g/mol. The Morgan fingerprint density at radius 3 is 2.59 bits per heavy atom. The highest BCUT2D eigenvalue weighted by atomic mass is 32.2. The van der Waals surface area contributed by atoms with Crippen LogP contribution in [0.25, 0.3) is 0 Å². The highest BCUT2D eigenvalue weighted by Crippen LogP contribution is 2.12. The van der Waals surface area contributed by atoms with Crippen molar-refractivity contribution >= 4 is 16.0 Å². The number of benzene rings is 1. The third-order valence-corrected chi connectivity index (χ3v) is 4.43. The fourth-order valence-corrected chi connectivity index (χ4v) is 3.01. The highest BCUT2D eigenvalue weighted by molar-refractivity contribution is 7.89. The van der Waals surface area contributed by atoms with Crippen molar-refractivity contribution in [2.24, 2.45) is 0 Å². The normalized spacial score (nSPS) is 12.3. The van der Waals surface area contributed by atoms with Gasteiger partial charge >= 0.3 is 5.97 Å². The maximum absolute atomic E-state index is 12.3. The molecule has 0 unspecified atom stereocenters. The Hall–Kier alpha value is -1.88. The maximum Gasteiger partial charge on any atom is 0.324 e. The van der Waals surface area contributed by atoms with Crippen molar-refractivity contribution in [1.29, 1.82) is 0 Å². The number of nitrogens with one attached hydrogen (secondary N) is 1. The Balaban J connectivity index is 2.92. The number of ether oxygens (including phenoxy) is 1. The Morgan fingerprint density at radius 1 is 1.41 bits per heavy atom. The fourth-order valence-electron chi connectivity index (χ4n) is 1.79. The second-order valence-electron chi connectivity index (χ2n) is 4.72. The number of rotatable bonds is 8. The molecule has 0 saturated carbocycles. The van der Waals surface area contributed by atoms with Crippen LogP contribution in [0.5, 0.6) is 0 Å². The molecule has 0 heterocycles. The van der Waals surface area contributed by atoms with E-state index in [9.17, 15) is 13.2 Å². The molecule has 1 aromatic rings. The van der Waals surface area contributed by atoms with E-state index in [4.69, 9.17) is 4.74 Å². The summed E-state index contributed by atoms with van der Waals surface area (Å²) in [4.78, 5) is 12.0. The summed E-state index contributed by atoms with van der Waals surface area (Å²) in [6.45, 7) is 7.17. The minimum Gasteiger partial charge on any atom is -0.465 e. The molecule has 0 fully saturated rings. The Morgan fingerprint density at radius 2 is 2.05 bits per heavy atom. The zero-order chi connectivity index (χ0) is 16.6. The largest absolute Gasteiger partial charge is 0.465 e. The first-order valence-corrected chi connectivity index (χ1v) is 8.49. The van der Waals surface area contributed by atoms with E-state index in [-0.39, 0.29) is 17.9 Å². The number of carbonyl (C=O) groups is 1. The molecule has 0 saturated heterocycles. The summed E-state index contributed by atoms with van der Waals surface area (Å²) in [6.07, 6.45) is 2.41. The first-order chi connectivity index (χ1) is 10.4. The molecule has 0 spiro atoms. The molecule has 1 aromatic carbocycles. The predicted molar refractivity (Wildman–Crippen MR) is 84.9 cm³/mol. The molecule has 0 aliphatic rings. The second kappa shape index (κ2) is 8.54. The number of carbonyl (C=O) groups excluding carboxylic acids is 1. The van der Waals surface area contributed by atoms with Crippen LogP contribution in [0.3, 0.4) is 0 Å². The molecule has 0 aliphatic carbocycles. The van der Waals surface area contributed by atoms with E-state index in [1.807, 2.05) is 6.92 Å². The van der Waals surface area contributed by atoms with Crippen LogP contribution >= 0.6 is 0 Å². The van der Waals surface area contributed by atoms with Crippen molar-refractivity contribution in [1.82, 2.24) is 4.72 Å². The van der Waals surface area contributed by atoms with Gasteiger partial charge in [0, 0.05) is 0 Å². The molecule has 0 aromatic heterocycles. The summed E-state index contributed by atoms with van der Waals surface area (Å²) < 4.78 is 32.0. The molecule has 22 heavy (non-hydrogen) atoms. The topological polar surface area (TPSA) is 72.5 Å². The van der Waals surface area contributed by atoms with Crippen molar-refractivity contribution in [2.75, 3.05) is 6.61 Å². The van der Waals surface area contributed by atoms with Crippen LogP contribution in [0.15, 0.2) is 47.5 Å². The van der Waals surface area contributed by atoms with E-state index in [0.29, 0.717) is 6.42 Å². The van der Waals surface area contributed by atoms with Crippen molar-refractivity contribution < 1.29 is 17.9 Å². The summed E-state index contributed by atoms with van der Waals surface area (Å²) >= 11 is 0. The van der Waals surface area contributed by atoms with E-state index >= 15 is 0 Å². The zero-order valence-corrected chi connectivity index (χ0v) is 13.7. The molecular formula is C16H21NO4S. The first kappa shape index (κ1) is 18.2. The van der Waals surface area contributed by atoms with Crippen molar-refractivity contribution in [3.05, 3.63) is 48.2 Å². The average Bonchev–Trinajstić information content (AvgIpc) is 2.47. The molecule has 0 radical (unpaired) electrons. The first-order valence-electron chi connectivity index (χ1n) is 7.00. The highest BCUT2D eigenvalue weighted by Gasteiger charge is 2.26. The molecule has 0 amide bonds. The van der Waals surface area contributed by atoms with Gasteiger partial charge in [-0.3, -0.25) is 4.79 Å². The van der Waals surface area contributed by atoms with Crippen LogP contribution in [-0.4, -0.2) is 27.0 Å². The van der Waals surface area contributed by atoms with Gasteiger partial charge in [-0.25, -0.2) is 8.42 Å². The van der Waals surface area contributed by atoms with Crippen molar-refractivity contribution in [3.63, 3.8) is 0 Å². The lowest BCUT2D eigenvalue weighted by molar-refractivity contribution is -0.145. The minimum absolute atomic E-state index is 0.117. The van der Waals surface area contributed by atoms with Gasteiger partial charge in [-0.2, -0.15) is 4.72 Å². The number of sulfonamides is 1. The van der Waals surface area contributed by atoms with Gasteiger partial charge in [-0.15, -0.1) is 5.73 Å². The van der Waals surface area contributed by atoms with Gasteiger partial charge in [0.25, 0.3) is 0 Å². The number of hydrogen-bond donors (Lipinski definition) is 1. The van der Waals surface area contributed by atoms with Crippen LogP contribution in [-0.2, 0) is 19.6 Å². The van der Waals surface area contributed by atoms with Gasteiger partial charge in [-0.05, 0) is 44.9 Å². The third-order valence-electron chi connectivity index (χ3n) is 2.94. The van der Waals surface area contributed by atoms with E-state index in [1.54, 1.807) is 25.1 Å². The number of aryl methyl sites for hydroxylation is 1. The van der Waals surface area contributed by atoms with E-state index < -0.39 is 22.0 Å². The molecule has 1 rings (SSSR count). The van der Waals surface area contributed by atoms with Crippen LogP contribution < -0.4 is 4.72 Å². The number of esters is 1. The summed E-state index contributed by atoms with van der Waals surface area (Å²) in [5.41, 5.74) is 3.55. The maximum atomic E-state index is 12.3. The lowest BCUT2D eigenvalue weighted by Crippen LogP contribution is -2.41. The zero-order valence-electron chi connectivity index (χ0n) is 12.8. The molecule has 1 atom stereocenters. The molecule has 0 aliphatic heterocycles. The average molecular weight is 323 g/mol. The second-order valence-corrected chi connectivity index (χ2v) is 6.44. The van der Waals surface area contributed by atoms with Crippen LogP contribution in [0.1, 0.15) is 25.3 Å². The van der Waals surface area contributed by atoms with Gasteiger partial charge in [0.2, 0.25) is 10.0 Å². The van der Waals surface area contributed by atoms with Gasteiger partial charge < -0.3 is 4.74 Å². The van der Waals surface area contributed by atoms with Gasteiger partial charge in [-0.1, -0.05) is 24.3 Å². The van der Waals surface area contributed by atoms with E-state index in [1.165, 1.54) is 12.1 Å². The number of hydrogen-bond acceptors (Lipinski definition) is 4. The van der Waals surface area contributed by atoms with Crippen molar-refractivity contribution in [2.45, 2.75) is 37.6 Å². The Labute approximate surface area is 131 Å². The van der Waals surface area contributed by atoms with E-state index in [2.05, 4.69) is 17.0 Å². The summed E-state index contributed by atoms with van der Waals surface area (Å²) in [6, 6.07) is 5.48. The Bertz CT molecular complexity index is 643. The molecule has 5 nitrogen and oxygen atoms in total. The molecule has 0 bridgehead atoms. The SMILES string of the molecule is C=C=CCC[C@@H](NS(=O)(=O)c1ccc(C)cc1)C(=O)OCC. The van der Waals surface area contributed by atoms with Crippen LogP contribution in [0, 0.1) is 6.92 Å².